The van der Waals surface area contributed by atoms with E-state index in [2.05, 4.69) is 4.98 Å². The van der Waals surface area contributed by atoms with Crippen molar-refractivity contribution in [2.75, 3.05) is 0 Å². The van der Waals surface area contributed by atoms with E-state index in [9.17, 15) is 9.59 Å². The van der Waals surface area contributed by atoms with Crippen molar-refractivity contribution in [1.29, 1.82) is 0 Å². The lowest BCUT2D eigenvalue weighted by molar-refractivity contribution is -0.149. The van der Waals surface area contributed by atoms with Gasteiger partial charge in [-0.25, -0.2) is 0 Å². The number of carbonyl (C=O) groups is 2. The van der Waals surface area contributed by atoms with E-state index in [0.717, 1.165) is 5.56 Å². The normalized spacial score (nSPS) is 21.3. The first-order valence-corrected chi connectivity index (χ1v) is 5.17. The predicted octanol–water partition coefficient (Wildman–Crippen LogP) is 0.0579. The third-order valence-corrected chi connectivity index (χ3v) is 2.62. The highest BCUT2D eigenvalue weighted by molar-refractivity contribution is 6.00. The van der Waals surface area contributed by atoms with Crippen LogP contribution in [0.15, 0.2) is 24.5 Å². The maximum Gasteiger partial charge on any atom is 0.246 e. The summed E-state index contributed by atoms with van der Waals surface area (Å²) < 4.78 is 0. The van der Waals surface area contributed by atoms with Crippen molar-refractivity contribution in [1.82, 2.24) is 9.88 Å². The van der Waals surface area contributed by atoms with E-state index in [1.54, 1.807) is 18.5 Å². The highest BCUT2D eigenvalue weighted by Crippen LogP contribution is 2.14. The van der Waals surface area contributed by atoms with Crippen LogP contribution in [-0.2, 0) is 16.1 Å². The first-order valence-electron chi connectivity index (χ1n) is 5.17. The van der Waals surface area contributed by atoms with Crippen molar-refractivity contribution in [2.45, 2.75) is 25.4 Å². The zero-order chi connectivity index (χ0) is 11.5. The standard InChI is InChI=1S/C11H13N3O2/c12-9-3-4-10(15)14(11(9)16)7-8-2-1-5-13-6-8/h1-2,5-6,9H,3-4,7,12H2/t9-/m0/s1. The van der Waals surface area contributed by atoms with E-state index in [0.29, 0.717) is 12.8 Å². The number of pyridine rings is 1. The van der Waals surface area contributed by atoms with Crippen LogP contribution < -0.4 is 5.73 Å². The van der Waals surface area contributed by atoms with Crippen LogP contribution in [0.25, 0.3) is 0 Å². The molecule has 1 aliphatic heterocycles. The number of amides is 2. The largest absolute Gasteiger partial charge is 0.320 e. The number of nitrogens with zero attached hydrogens (tertiary/aromatic N) is 2. The van der Waals surface area contributed by atoms with Gasteiger partial charge < -0.3 is 5.73 Å². The van der Waals surface area contributed by atoms with Crippen molar-refractivity contribution in [3.05, 3.63) is 30.1 Å². The Morgan fingerprint density at radius 1 is 1.50 bits per heavy atom. The molecular weight excluding hydrogens is 206 g/mol. The molecule has 1 aromatic rings. The average molecular weight is 219 g/mol. The molecule has 16 heavy (non-hydrogen) atoms. The molecule has 1 saturated heterocycles. The molecule has 0 spiro atoms. The number of aromatic nitrogens is 1. The predicted molar refractivity (Wildman–Crippen MR) is 57.0 cm³/mol. The van der Waals surface area contributed by atoms with Gasteiger partial charge in [0, 0.05) is 18.8 Å². The Kier molecular flexibility index (Phi) is 2.96. The molecule has 0 saturated carbocycles. The number of hydrogen-bond acceptors (Lipinski definition) is 4. The Balaban J connectivity index is 2.13. The van der Waals surface area contributed by atoms with Crippen LogP contribution in [0.5, 0.6) is 0 Å². The lowest BCUT2D eigenvalue weighted by Crippen LogP contribution is -2.50. The Morgan fingerprint density at radius 2 is 2.31 bits per heavy atom. The minimum absolute atomic E-state index is 0.157. The first-order chi connectivity index (χ1) is 7.68. The molecule has 1 atom stereocenters. The highest BCUT2D eigenvalue weighted by Gasteiger charge is 2.31. The number of imide groups is 1. The minimum atomic E-state index is -0.547. The van der Waals surface area contributed by atoms with Gasteiger partial charge in [0.05, 0.1) is 12.6 Å². The fraction of sp³-hybridized carbons (Fsp3) is 0.364. The molecule has 2 heterocycles. The maximum absolute atomic E-state index is 11.7. The molecule has 1 aliphatic rings. The van der Waals surface area contributed by atoms with Crippen molar-refractivity contribution in [2.24, 2.45) is 5.73 Å². The molecule has 0 bridgehead atoms. The van der Waals surface area contributed by atoms with Crippen LogP contribution >= 0.6 is 0 Å². The van der Waals surface area contributed by atoms with E-state index in [4.69, 9.17) is 5.73 Å². The van der Waals surface area contributed by atoms with Crippen LogP contribution in [0, 0.1) is 0 Å². The van der Waals surface area contributed by atoms with E-state index < -0.39 is 6.04 Å². The summed E-state index contributed by atoms with van der Waals surface area (Å²) in [6.45, 7) is 0.263. The highest BCUT2D eigenvalue weighted by atomic mass is 16.2. The molecular formula is C11H13N3O2. The molecule has 1 aromatic heterocycles. The van der Waals surface area contributed by atoms with Gasteiger partial charge in [0.15, 0.2) is 0 Å². The second-order valence-corrected chi connectivity index (χ2v) is 3.82. The second kappa shape index (κ2) is 4.40. The molecule has 5 heteroatoms. The summed E-state index contributed by atoms with van der Waals surface area (Å²) in [5, 5.41) is 0. The summed E-state index contributed by atoms with van der Waals surface area (Å²) in [4.78, 5) is 28.4. The molecule has 84 valence electrons. The number of carbonyl (C=O) groups excluding carboxylic acids is 2. The smallest absolute Gasteiger partial charge is 0.246 e. The SMILES string of the molecule is N[C@H]1CCC(=O)N(Cc2cccnc2)C1=O. The Morgan fingerprint density at radius 3 is 3.00 bits per heavy atom. The summed E-state index contributed by atoms with van der Waals surface area (Å²) in [7, 11) is 0. The minimum Gasteiger partial charge on any atom is -0.320 e. The molecule has 0 aromatic carbocycles. The number of nitrogens with two attached hydrogens (primary N) is 1. The Labute approximate surface area is 93.3 Å². The first kappa shape index (κ1) is 10.8. The molecule has 0 radical (unpaired) electrons. The molecule has 0 aliphatic carbocycles. The van der Waals surface area contributed by atoms with Gasteiger partial charge in [-0.3, -0.25) is 19.5 Å². The molecule has 2 amide bonds. The van der Waals surface area contributed by atoms with Gasteiger partial charge in [0.2, 0.25) is 11.8 Å². The van der Waals surface area contributed by atoms with Gasteiger partial charge in [-0.2, -0.15) is 0 Å². The van der Waals surface area contributed by atoms with Crippen molar-refractivity contribution < 1.29 is 9.59 Å². The zero-order valence-corrected chi connectivity index (χ0v) is 8.80. The van der Waals surface area contributed by atoms with Crippen LogP contribution in [-0.4, -0.2) is 27.7 Å². The van der Waals surface area contributed by atoms with Gasteiger partial charge in [0.1, 0.15) is 0 Å². The van der Waals surface area contributed by atoms with Gasteiger partial charge in [-0.05, 0) is 18.1 Å². The molecule has 2 N–H and O–H groups in total. The number of likely N-dealkylation sites (tertiary alicyclic amines) is 1. The van der Waals surface area contributed by atoms with Gasteiger partial charge in [0.25, 0.3) is 0 Å². The zero-order valence-electron chi connectivity index (χ0n) is 8.80. The van der Waals surface area contributed by atoms with Crippen molar-refractivity contribution in [3.8, 4) is 0 Å². The van der Waals surface area contributed by atoms with Crippen LogP contribution in [0.4, 0.5) is 0 Å². The number of hydrogen-bond donors (Lipinski definition) is 1. The Bertz CT molecular complexity index is 405. The van der Waals surface area contributed by atoms with Crippen LogP contribution in [0.2, 0.25) is 0 Å². The topological polar surface area (TPSA) is 76.3 Å². The quantitative estimate of drug-likeness (QED) is 0.713. The summed E-state index contributed by atoms with van der Waals surface area (Å²) in [6, 6.07) is 3.05. The second-order valence-electron chi connectivity index (χ2n) is 3.82. The fourth-order valence-electron chi connectivity index (χ4n) is 1.70. The lowest BCUT2D eigenvalue weighted by atomic mass is 10.0. The van der Waals surface area contributed by atoms with Crippen LogP contribution in [0.3, 0.4) is 0 Å². The molecule has 0 unspecified atom stereocenters. The summed E-state index contributed by atoms with van der Waals surface area (Å²) in [5.74, 6) is -0.448. The van der Waals surface area contributed by atoms with Crippen molar-refractivity contribution in [3.63, 3.8) is 0 Å². The van der Waals surface area contributed by atoms with Crippen LogP contribution in [0.1, 0.15) is 18.4 Å². The lowest BCUT2D eigenvalue weighted by Gasteiger charge is -2.28. The van der Waals surface area contributed by atoms with Gasteiger partial charge >= 0.3 is 0 Å². The number of rotatable bonds is 2. The van der Waals surface area contributed by atoms with Gasteiger partial charge in [-0.1, -0.05) is 6.07 Å². The molecule has 2 rings (SSSR count). The van der Waals surface area contributed by atoms with E-state index in [1.807, 2.05) is 6.07 Å². The third kappa shape index (κ3) is 2.09. The summed E-state index contributed by atoms with van der Waals surface area (Å²) >= 11 is 0. The molecule has 1 fully saturated rings. The van der Waals surface area contributed by atoms with E-state index in [-0.39, 0.29) is 18.4 Å². The fourth-order valence-corrected chi connectivity index (χ4v) is 1.70. The molecule has 5 nitrogen and oxygen atoms in total. The maximum atomic E-state index is 11.7. The average Bonchev–Trinajstić information content (AvgIpc) is 2.31. The summed E-state index contributed by atoms with van der Waals surface area (Å²) in [6.07, 6.45) is 4.07. The van der Waals surface area contributed by atoms with E-state index in [1.165, 1.54) is 4.90 Å². The monoisotopic (exact) mass is 219 g/mol. The Hall–Kier alpha value is -1.75. The van der Waals surface area contributed by atoms with E-state index >= 15 is 0 Å². The summed E-state index contributed by atoms with van der Waals surface area (Å²) in [5.41, 5.74) is 6.46. The third-order valence-electron chi connectivity index (χ3n) is 2.62. The number of piperidine rings is 1. The van der Waals surface area contributed by atoms with Gasteiger partial charge in [-0.15, -0.1) is 0 Å². The van der Waals surface area contributed by atoms with Crippen molar-refractivity contribution >= 4 is 11.8 Å².